The first kappa shape index (κ1) is 19.5. The van der Waals surface area contributed by atoms with E-state index in [1.165, 1.54) is 17.0 Å². The summed E-state index contributed by atoms with van der Waals surface area (Å²) in [4.78, 5) is 30.9. The van der Waals surface area contributed by atoms with Gasteiger partial charge in [0.25, 0.3) is 5.91 Å². The molecule has 3 rings (SSSR count). The lowest BCUT2D eigenvalue weighted by molar-refractivity contribution is -0.134. The first-order valence-corrected chi connectivity index (χ1v) is 9.03. The Hall–Kier alpha value is -3.28. The number of hydrogen-bond donors (Lipinski definition) is 0. The standard InChI is InChI=1S/C22H21FN2O3/c1-3-25(13-16-7-6-8-17(23)12-16)21(26)14-28-22(27)19-11-15(2)24-20-10-5-4-9-18(19)20/h4-12H,3,13-14H2,1-2H3. The van der Waals surface area contributed by atoms with Gasteiger partial charge in [-0.2, -0.15) is 0 Å². The highest BCUT2D eigenvalue weighted by atomic mass is 19.1. The van der Waals surface area contributed by atoms with E-state index in [9.17, 15) is 14.0 Å². The normalized spacial score (nSPS) is 10.7. The van der Waals surface area contributed by atoms with Crippen molar-refractivity contribution in [2.45, 2.75) is 20.4 Å². The van der Waals surface area contributed by atoms with Gasteiger partial charge in [0.2, 0.25) is 0 Å². The van der Waals surface area contributed by atoms with Crippen LogP contribution in [0.5, 0.6) is 0 Å². The van der Waals surface area contributed by atoms with Gasteiger partial charge in [-0.15, -0.1) is 0 Å². The van der Waals surface area contributed by atoms with Crippen molar-refractivity contribution in [2.75, 3.05) is 13.2 Å². The van der Waals surface area contributed by atoms with Crippen LogP contribution in [0, 0.1) is 12.7 Å². The fraction of sp³-hybridized carbons (Fsp3) is 0.227. The minimum Gasteiger partial charge on any atom is -0.452 e. The fourth-order valence-electron chi connectivity index (χ4n) is 3.01. The number of benzene rings is 2. The van der Waals surface area contributed by atoms with Gasteiger partial charge in [-0.1, -0.05) is 30.3 Å². The van der Waals surface area contributed by atoms with E-state index >= 15 is 0 Å². The highest BCUT2D eigenvalue weighted by Gasteiger charge is 2.18. The molecule has 0 atom stereocenters. The molecule has 5 nitrogen and oxygen atoms in total. The number of nitrogens with zero attached hydrogens (tertiary/aromatic N) is 2. The zero-order valence-electron chi connectivity index (χ0n) is 15.8. The lowest BCUT2D eigenvalue weighted by Crippen LogP contribution is -2.34. The second kappa shape index (κ2) is 8.61. The van der Waals surface area contributed by atoms with E-state index in [0.29, 0.717) is 34.3 Å². The van der Waals surface area contributed by atoms with Gasteiger partial charge in [0.05, 0.1) is 11.1 Å². The summed E-state index contributed by atoms with van der Waals surface area (Å²) in [6, 6.07) is 15.0. The molecule has 0 aliphatic carbocycles. The Kier molecular flexibility index (Phi) is 5.99. The maximum Gasteiger partial charge on any atom is 0.339 e. The van der Waals surface area contributed by atoms with E-state index in [4.69, 9.17) is 4.74 Å². The van der Waals surface area contributed by atoms with Crippen molar-refractivity contribution < 1.29 is 18.7 Å². The van der Waals surface area contributed by atoms with Gasteiger partial charge in [0.1, 0.15) is 5.82 Å². The SMILES string of the molecule is CCN(Cc1cccc(F)c1)C(=O)COC(=O)c1cc(C)nc2ccccc12. The maximum atomic E-state index is 13.3. The van der Waals surface area contributed by atoms with Crippen molar-refractivity contribution in [1.29, 1.82) is 0 Å². The molecule has 6 heteroatoms. The molecule has 0 aliphatic rings. The van der Waals surface area contributed by atoms with Gasteiger partial charge < -0.3 is 9.64 Å². The minimum absolute atomic E-state index is 0.252. The predicted molar refractivity (Wildman–Crippen MR) is 104 cm³/mol. The van der Waals surface area contributed by atoms with Gasteiger partial charge in [0, 0.05) is 24.2 Å². The van der Waals surface area contributed by atoms with Crippen molar-refractivity contribution in [1.82, 2.24) is 9.88 Å². The molecule has 0 saturated heterocycles. The largest absolute Gasteiger partial charge is 0.452 e. The smallest absolute Gasteiger partial charge is 0.339 e. The number of halogens is 1. The summed E-state index contributed by atoms with van der Waals surface area (Å²) >= 11 is 0. The molecule has 0 saturated carbocycles. The number of aromatic nitrogens is 1. The van der Waals surface area contributed by atoms with Gasteiger partial charge >= 0.3 is 5.97 Å². The van der Waals surface area contributed by atoms with Gasteiger partial charge in [-0.3, -0.25) is 9.78 Å². The third-order valence-corrected chi connectivity index (χ3v) is 4.39. The second-order valence-corrected chi connectivity index (χ2v) is 6.44. The van der Waals surface area contributed by atoms with Gasteiger partial charge in [0.15, 0.2) is 6.61 Å². The lowest BCUT2D eigenvalue weighted by atomic mass is 10.1. The van der Waals surface area contributed by atoms with Crippen LogP contribution in [0.1, 0.15) is 28.5 Å². The second-order valence-electron chi connectivity index (χ2n) is 6.44. The molecular formula is C22H21FN2O3. The summed E-state index contributed by atoms with van der Waals surface area (Å²) in [7, 11) is 0. The molecule has 1 aromatic heterocycles. The van der Waals surface area contributed by atoms with Crippen LogP contribution in [-0.4, -0.2) is 34.9 Å². The Labute approximate surface area is 162 Å². The number of para-hydroxylation sites is 1. The van der Waals surface area contributed by atoms with Crippen LogP contribution in [0.25, 0.3) is 10.9 Å². The van der Waals surface area contributed by atoms with E-state index in [1.807, 2.05) is 25.1 Å². The van der Waals surface area contributed by atoms with Crippen molar-refractivity contribution >= 4 is 22.8 Å². The Balaban J connectivity index is 1.69. The third kappa shape index (κ3) is 4.52. The molecule has 0 aliphatic heterocycles. The van der Waals surface area contributed by atoms with Crippen LogP contribution in [-0.2, 0) is 16.1 Å². The number of carbonyl (C=O) groups excluding carboxylic acids is 2. The summed E-state index contributed by atoms with van der Waals surface area (Å²) in [5.41, 5.74) is 2.45. The van der Waals surface area contributed by atoms with Crippen LogP contribution >= 0.6 is 0 Å². The highest BCUT2D eigenvalue weighted by molar-refractivity contribution is 6.04. The van der Waals surface area contributed by atoms with E-state index < -0.39 is 5.97 Å². The zero-order chi connectivity index (χ0) is 20.1. The maximum absolute atomic E-state index is 13.3. The Morgan fingerprint density at radius 3 is 2.64 bits per heavy atom. The summed E-state index contributed by atoms with van der Waals surface area (Å²) < 4.78 is 18.6. The van der Waals surface area contributed by atoms with Crippen LogP contribution in [0.4, 0.5) is 4.39 Å². The molecule has 0 unspecified atom stereocenters. The Bertz CT molecular complexity index is 1020. The van der Waals surface area contributed by atoms with Gasteiger partial charge in [-0.05, 0) is 43.7 Å². The molecule has 0 spiro atoms. The number of ether oxygens (including phenoxy) is 1. The fourth-order valence-corrected chi connectivity index (χ4v) is 3.01. The van der Waals surface area contributed by atoms with E-state index in [-0.39, 0.29) is 24.9 Å². The third-order valence-electron chi connectivity index (χ3n) is 4.39. The van der Waals surface area contributed by atoms with E-state index in [1.54, 1.807) is 31.2 Å². The zero-order valence-corrected chi connectivity index (χ0v) is 15.8. The number of rotatable bonds is 6. The summed E-state index contributed by atoms with van der Waals surface area (Å²) in [5.74, 6) is -1.26. The molecule has 0 N–H and O–H groups in total. The average molecular weight is 380 g/mol. The number of hydrogen-bond acceptors (Lipinski definition) is 4. The molecule has 144 valence electrons. The first-order valence-electron chi connectivity index (χ1n) is 9.03. The topological polar surface area (TPSA) is 59.5 Å². The number of fused-ring (bicyclic) bond motifs is 1. The number of aryl methyl sites for hydroxylation is 1. The highest BCUT2D eigenvalue weighted by Crippen LogP contribution is 2.19. The van der Waals surface area contributed by atoms with Crippen molar-refractivity contribution in [3.05, 3.63) is 77.2 Å². The molecule has 1 amide bonds. The van der Waals surface area contributed by atoms with Crippen LogP contribution < -0.4 is 0 Å². The molecule has 0 fully saturated rings. The summed E-state index contributed by atoms with van der Waals surface area (Å²) in [6.07, 6.45) is 0. The quantitative estimate of drug-likeness (QED) is 0.609. The molecule has 2 aromatic carbocycles. The van der Waals surface area contributed by atoms with Crippen LogP contribution in [0.15, 0.2) is 54.6 Å². The minimum atomic E-state index is -0.572. The predicted octanol–water partition coefficient (Wildman–Crippen LogP) is 3.89. The average Bonchev–Trinajstić information content (AvgIpc) is 2.69. The number of carbonyl (C=O) groups is 2. The Morgan fingerprint density at radius 2 is 1.89 bits per heavy atom. The van der Waals surface area contributed by atoms with Crippen LogP contribution in [0.3, 0.4) is 0 Å². The molecular weight excluding hydrogens is 359 g/mol. The van der Waals surface area contributed by atoms with Crippen molar-refractivity contribution in [3.63, 3.8) is 0 Å². The lowest BCUT2D eigenvalue weighted by Gasteiger charge is -2.21. The Morgan fingerprint density at radius 1 is 1.11 bits per heavy atom. The molecule has 0 radical (unpaired) electrons. The van der Waals surface area contributed by atoms with Crippen LogP contribution in [0.2, 0.25) is 0 Å². The molecule has 28 heavy (non-hydrogen) atoms. The monoisotopic (exact) mass is 380 g/mol. The van der Waals surface area contributed by atoms with Crippen molar-refractivity contribution in [3.8, 4) is 0 Å². The first-order chi connectivity index (χ1) is 13.5. The van der Waals surface area contributed by atoms with Gasteiger partial charge in [-0.25, -0.2) is 9.18 Å². The van der Waals surface area contributed by atoms with E-state index in [0.717, 1.165) is 0 Å². The molecule has 3 aromatic rings. The number of esters is 1. The molecule has 1 heterocycles. The number of pyridine rings is 1. The number of amides is 1. The van der Waals surface area contributed by atoms with Crippen molar-refractivity contribution in [2.24, 2.45) is 0 Å². The summed E-state index contributed by atoms with van der Waals surface area (Å²) in [6.45, 7) is 3.91. The van der Waals surface area contributed by atoms with E-state index in [2.05, 4.69) is 4.98 Å². The summed E-state index contributed by atoms with van der Waals surface area (Å²) in [5, 5.41) is 0.678. The number of likely N-dealkylation sites (N-methyl/N-ethyl adjacent to an activating group) is 1. The molecule has 0 bridgehead atoms.